The molecule has 0 rings (SSSR count). The van der Waals surface area contributed by atoms with Crippen LogP contribution >= 0.6 is 7.82 Å². The number of aliphatic hydroxyl groups is 2. The van der Waals surface area contributed by atoms with Crippen LogP contribution in [0.1, 0.15) is 168 Å². The summed E-state index contributed by atoms with van der Waals surface area (Å²) in [6.07, 6.45) is 39.5. The van der Waals surface area contributed by atoms with E-state index in [1.165, 1.54) is 51.4 Å². The van der Waals surface area contributed by atoms with E-state index in [0.29, 0.717) is 12.8 Å². The average Bonchev–Trinajstić information content (AvgIpc) is 3.14. The van der Waals surface area contributed by atoms with Crippen molar-refractivity contribution in [2.24, 2.45) is 0 Å². The molecule has 0 radical (unpaired) electrons. The number of carbonyl (C=O) groups excluding carboxylic acids is 2. The number of esters is 2. The zero-order chi connectivity index (χ0) is 39.1. The van der Waals surface area contributed by atoms with Crippen LogP contribution in [0.25, 0.3) is 0 Å². The first kappa shape index (κ1) is 50.9. The monoisotopic (exact) mass is 771 g/mol. The molecule has 0 aliphatic heterocycles. The summed E-state index contributed by atoms with van der Waals surface area (Å²) in [5.41, 5.74) is 0. The average molecular weight is 771 g/mol. The molecule has 53 heavy (non-hydrogen) atoms. The van der Waals surface area contributed by atoms with Crippen LogP contribution in [-0.4, -0.2) is 65.7 Å². The minimum absolute atomic E-state index is 0.234. The van der Waals surface area contributed by atoms with Crippen LogP contribution in [-0.2, 0) is 32.7 Å². The van der Waals surface area contributed by atoms with Crippen molar-refractivity contribution in [3.63, 3.8) is 0 Å². The van der Waals surface area contributed by atoms with Crippen molar-refractivity contribution in [2.45, 2.75) is 180 Å². The summed E-state index contributed by atoms with van der Waals surface area (Å²) in [7, 11) is -4.60. The minimum Gasteiger partial charge on any atom is -0.463 e. The minimum atomic E-state index is -4.60. The van der Waals surface area contributed by atoms with Crippen molar-refractivity contribution in [3.05, 3.63) is 48.6 Å². The Morgan fingerprint density at radius 2 is 0.811 bits per heavy atom. The Bertz CT molecular complexity index is 949. The number of hydrogen-bond acceptors (Lipinski definition) is 9. The maximum atomic E-state index is 12.1. The summed E-state index contributed by atoms with van der Waals surface area (Å²) < 4.78 is 31.6. The number of unbranched alkanes of at least 4 members (excludes halogenated alkanes) is 16. The maximum Gasteiger partial charge on any atom is 0.472 e. The van der Waals surface area contributed by atoms with Crippen molar-refractivity contribution in [1.29, 1.82) is 0 Å². The van der Waals surface area contributed by atoms with Gasteiger partial charge in [0.25, 0.3) is 0 Å². The van der Waals surface area contributed by atoms with E-state index in [4.69, 9.17) is 18.5 Å². The lowest BCUT2D eigenvalue weighted by atomic mass is 10.1. The van der Waals surface area contributed by atoms with Crippen molar-refractivity contribution >= 4 is 19.8 Å². The molecule has 0 aromatic rings. The van der Waals surface area contributed by atoms with Gasteiger partial charge in [0.2, 0.25) is 0 Å². The number of rotatable bonds is 38. The number of allylic oxidation sites excluding steroid dienone is 8. The highest BCUT2D eigenvalue weighted by Gasteiger charge is 2.25. The third-order valence-electron chi connectivity index (χ3n) is 8.40. The molecule has 0 aromatic heterocycles. The van der Waals surface area contributed by atoms with E-state index in [0.717, 1.165) is 77.0 Å². The largest absolute Gasteiger partial charge is 0.472 e. The molecule has 0 aromatic carbocycles. The Kier molecular flexibility index (Phi) is 36.7. The van der Waals surface area contributed by atoms with Gasteiger partial charge in [0.05, 0.1) is 13.2 Å². The molecule has 0 saturated carbocycles. The molecule has 0 unspecified atom stereocenters. The first-order chi connectivity index (χ1) is 25.7. The smallest absolute Gasteiger partial charge is 0.463 e. The van der Waals surface area contributed by atoms with Crippen LogP contribution in [0.4, 0.5) is 0 Å². The van der Waals surface area contributed by atoms with Crippen LogP contribution < -0.4 is 0 Å². The summed E-state index contributed by atoms with van der Waals surface area (Å²) in [5, 5.41) is 20.0. The van der Waals surface area contributed by atoms with E-state index in [9.17, 15) is 29.3 Å². The fourth-order valence-corrected chi connectivity index (χ4v) is 5.97. The number of carbonyl (C=O) groups is 2. The molecule has 0 heterocycles. The molecule has 0 spiro atoms. The van der Waals surface area contributed by atoms with Gasteiger partial charge in [-0.15, -0.1) is 0 Å². The molecule has 2 atom stereocenters. The highest BCUT2D eigenvalue weighted by Crippen LogP contribution is 2.43. The van der Waals surface area contributed by atoms with Gasteiger partial charge in [-0.25, -0.2) is 4.57 Å². The highest BCUT2D eigenvalue weighted by molar-refractivity contribution is 7.47. The lowest BCUT2D eigenvalue weighted by Gasteiger charge is -2.17. The molecule has 11 heteroatoms. The zero-order valence-electron chi connectivity index (χ0n) is 33.2. The van der Waals surface area contributed by atoms with Gasteiger partial charge in [0.1, 0.15) is 25.4 Å². The molecular weight excluding hydrogens is 695 g/mol. The van der Waals surface area contributed by atoms with Gasteiger partial charge in [-0.3, -0.25) is 18.6 Å². The third kappa shape index (κ3) is 39.4. The second-order valence-electron chi connectivity index (χ2n) is 13.7. The van der Waals surface area contributed by atoms with E-state index < -0.39 is 45.2 Å². The number of aliphatic hydroxyl groups excluding tert-OH is 2. The number of ether oxygens (including phenoxy) is 2. The highest BCUT2D eigenvalue weighted by atomic mass is 31.2. The summed E-state index contributed by atoms with van der Waals surface area (Å²) in [4.78, 5) is 33.8. The van der Waals surface area contributed by atoms with Crippen LogP contribution in [0.3, 0.4) is 0 Å². The number of phosphoric ester groups is 1. The third-order valence-corrected chi connectivity index (χ3v) is 9.35. The van der Waals surface area contributed by atoms with Crippen LogP contribution in [0, 0.1) is 0 Å². The molecule has 0 saturated heterocycles. The first-order valence-corrected chi connectivity index (χ1v) is 22.1. The molecule has 0 aliphatic rings. The first-order valence-electron chi connectivity index (χ1n) is 20.6. The Balaban J connectivity index is 3.76. The zero-order valence-corrected chi connectivity index (χ0v) is 34.1. The maximum absolute atomic E-state index is 12.1. The molecule has 3 N–H and O–H groups in total. The molecule has 0 bridgehead atoms. The van der Waals surface area contributed by atoms with E-state index >= 15 is 0 Å². The SMILES string of the molecule is CCCCC/C=C\C/C=C\CCCCCCCC(=O)OC[C@@H](O)COP(=O)(O)OC[C@H](O)COC(=O)CCCCCCC/C=C\C/C=C\CCCCC. The predicted octanol–water partition coefficient (Wildman–Crippen LogP) is 10.6. The molecular formula is C42H75O10P. The molecule has 0 amide bonds. The molecule has 0 aliphatic carbocycles. The second kappa shape index (κ2) is 38.2. The Morgan fingerprint density at radius 1 is 0.491 bits per heavy atom. The van der Waals surface area contributed by atoms with Crippen LogP contribution in [0.5, 0.6) is 0 Å². The van der Waals surface area contributed by atoms with E-state index in [1.807, 2.05) is 0 Å². The predicted molar refractivity (Wildman–Crippen MR) is 214 cm³/mol. The molecule has 0 fully saturated rings. The Hall–Kier alpha value is -2.07. The van der Waals surface area contributed by atoms with E-state index in [1.54, 1.807) is 0 Å². The van der Waals surface area contributed by atoms with Crippen molar-refractivity contribution < 1.29 is 47.8 Å². The fourth-order valence-electron chi connectivity index (χ4n) is 5.18. The standard InChI is InChI=1S/C42H75O10P/c1-3-5-7-9-11-13-15-17-19-21-23-25-27-29-31-33-41(45)49-35-39(43)37-51-53(47,48)52-38-40(44)36-50-42(46)34-32-30-28-26-24-22-20-18-16-14-12-10-8-6-4-2/h11-14,17-20,39-40,43-44H,3-10,15-16,21-38H2,1-2H3,(H,47,48)/b13-11-,14-12-,19-17-,20-18-/t39-,40-/m1/s1. The van der Waals surface area contributed by atoms with Gasteiger partial charge < -0.3 is 24.6 Å². The second-order valence-corrected chi connectivity index (χ2v) is 15.1. The van der Waals surface area contributed by atoms with Gasteiger partial charge in [0.15, 0.2) is 0 Å². The van der Waals surface area contributed by atoms with Gasteiger partial charge in [-0.05, 0) is 77.0 Å². The Morgan fingerprint density at radius 3 is 1.17 bits per heavy atom. The molecule has 308 valence electrons. The fraction of sp³-hybridized carbons (Fsp3) is 0.762. The normalized spacial score (nSPS) is 13.5. The Labute approximate surface area is 322 Å². The lowest BCUT2D eigenvalue weighted by Crippen LogP contribution is -2.25. The summed E-state index contributed by atoms with van der Waals surface area (Å²) >= 11 is 0. The van der Waals surface area contributed by atoms with Crippen LogP contribution in [0.15, 0.2) is 48.6 Å². The topological polar surface area (TPSA) is 149 Å². The summed E-state index contributed by atoms with van der Waals surface area (Å²) in [6.45, 7) is 2.45. The molecule has 10 nitrogen and oxygen atoms in total. The van der Waals surface area contributed by atoms with Gasteiger partial charge in [-0.1, -0.05) is 127 Å². The number of phosphoric acid groups is 1. The van der Waals surface area contributed by atoms with Crippen LogP contribution in [0.2, 0.25) is 0 Å². The number of hydrogen-bond donors (Lipinski definition) is 3. The summed E-state index contributed by atoms with van der Waals surface area (Å²) in [5.74, 6) is -0.905. The summed E-state index contributed by atoms with van der Waals surface area (Å²) in [6, 6.07) is 0. The van der Waals surface area contributed by atoms with Gasteiger partial charge >= 0.3 is 19.8 Å². The van der Waals surface area contributed by atoms with Gasteiger partial charge in [-0.2, -0.15) is 0 Å². The van der Waals surface area contributed by atoms with E-state index in [-0.39, 0.29) is 26.1 Å². The van der Waals surface area contributed by atoms with Gasteiger partial charge in [0, 0.05) is 12.8 Å². The van der Waals surface area contributed by atoms with Crippen molar-refractivity contribution in [3.8, 4) is 0 Å². The van der Waals surface area contributed by atoms with E-state index in [2.05, 4.69) is 62.5 Å². The van der Waals surface area contributed by atoms with Crippen molar-refractivity contribution in [1.82, 2.24) is 0 Å². The lowest BCUT2D eigenvalue weighted by molar-refractivity contribution is -0.147. The van der Waals surface area contributed by atoms with Crippen molar-refractivity contribution in [2.75, 3.05) is 26.4 Å². The quantitative estimate of drug-likeness (QED) is 0.0240.